The number of methoxy groups -OCH3 is 1. The van der Waals surface area contributed by atoms with E-state index < -0.39 is 5.97 Å². The minimum absolute atomic E-state index is 0.0278. The van der Waals surface area contributed by atoms with Gasteiger partial charge in [-0.25, -0.2) is 4.68 Å². The molecule has 0 spiro atoms. The highest BCUT2D eigenvalue weighted by atomic mass is 16.5. The second-order valence-electron chi connectivity index (χ2n) is 6.14. The van der Waals surface area contributed by atoms with Crippen molar-refractivity contribution in [2.45, 2.75) is 0 Å². The maximum absolute atomic E-state index is 12.9. The average Bonchev–Trinajstić information content (AvgIpc) is 3.01. The topological polar surface area (TPSA) is 96.4 Å². The Bertz CT molecular complexity index is 1240. The van der Waals surface area contributed by atoms with Gasteiger partial charge in [0.05, 0.1) is 29.3 Å². The predicted octanol–water partition coefficient (Wildman–Crippen LogP) is 0.342. The monoisotopic (exact) mass is 391 g/mol. The second kappa shape index (κ2) is 8.35. The van der Waals surface area contributed by atoms with Crippen LogP contribution in [0.2, 0.25) is 0 Å². The molecule has 1 N–H and O–H groups in total. The van der Waals surface area contributed by atoms with Gasteiger partial charge in [0.2, 0.25) is 0 Å². The normalized spacial score (nSPS) is 11.3. The predicted molar refractivity (Wildman–Crippen MR) is 108 cm³/mol. The van der Waals surface area contributed by atoms with Gasteiger partial charge in [0.25, 0.3) is 5.56 Å². The quantitative estimate of drug-likeness (QED) is 0.586. The molecule has 0 bridgehead atoms. The van der Waals surface area contributed by atoms with Crippen LogP contribution in [0.3, 0.4) is 0 Å². The molecule has 0 aliphatic rings. The van der Waals surface area contributed by atoms with Gasteiger partial charge >= 0.3 is 0 Å². The zero-order chi connectivity index (χ0) is 21.0. The van der Waals surface area contributed by atoms with E-state index in [1.54, 1.807) is 36.4 Å². The molecule has 148 valence electrons. The van der Waals surface area contributed by atoms with Crippen molar-refractivity contribution in [3.63, 3.8) is 0 Å². The average molecular weight is 391 g/mol. The van der Waals surface area contributed by atoms with Gasteiger partial charge in [0, 0.05) is 0 Å². The van der Waals surface area contributed by atoms with Crippen LogP contribution >= 0.6 is 0 Å². The molecule has 1 aromatic heterocycles. The number of ether oxygens (including phenoxy) is 2. The first-order valence-electron chi connectivity index (χ1n) is 8.70. The number of aromatic carboxylic acids is 1. The molecule has 0 atom stereocenters. The summed E-state index contributed by atoms with van der Waals surface area (Å²) in [6.07, 6.45) is 3.30. The third-order valence-corrected chi connectivity index (χ3v) is 4.20. The summed E-state index contributed by atoms with van der Waals surface area (Å²) >= 11 is 0. The van der Waals surface area contributed by atoms with Crippen LogP contribution in [0.4, 0.5) is 0 Å². The van der Waals surface area contributed by atoms with Crippen molar-refractivity contribution >= 4 is 18.6 Å². The van der Waals surface area contributed by atoms with E-state index in [4.69, 9.17) is 9.47 Å². The fourth-order valence-corrected chi connectivity index (χ4v) is 2.81. The van der Waals surface area contributed by atoms with Crippen molar-refractivity contribution in [3.05, 3.63) is 87.2 Å². The highest BCUT2D eigenvalue weighted by Crippen LogP contribution is 2.28. The van der Waals surface area contributed by atoms with Crippen molar-refractivity contribution in [1.29, 1.82) is 0 Å². The third kappa shape index (κ3) is 4.14. The SMILES string of the molecule is C=CCOc1ccc(/C=c2/c(=C)[nH]n(-c3cccc(C(=O)[O-])c3)c2=O)cc1OC. The van der Waals surface area contributed by atoms with Gasteiger partial charge in [-0.1, -0.05) is 37.4 Å². The fraction of sp³-hybridized carbons (Fsp3) is 0.0909. The number of aromatic amines is 1. The third-order valence-electron chi connectivity index (χ3n) is 4.20. The number of nitrogens with one attached hydrogen (secondary N) is 1. The lowest BCUT2D eigenvalue weighted by Gasteiger charge is -2.09. The van der Waals surface area contributed by atoms with Gasteiger partial charge in [-0.2, -0.15) is 0 Å². The lowest BCUT2D eigenvalue weighted by Crippen LogP contribution is -2.34. The van der Waals surface area contributed by atoms with E-state index in [1.165, 1.54) is 30.0 Å². The summed E-state index contributed by atoms with van der Waals surface area (Å²) in [6, 6.07) is 11.2. The second-order valence-corrected chi connectivity index (χ2v) is 6.14. The minimum Gasteiger partial charge on any atom is -0.545 e. The van der Waals surface area contributed by atoms with Gasteiger partial charge in [0.1, 0.15) is 6.61 Å². The molecule has 3 rings (SSSR count). The highest BCUT2D eigenvalue weighted by Gasteiger charge is 2.08. The van der Waals surface area contributed by atoms with Gasteiger partial charge in [-0.05, 0) is 41.5 Å². The number of aromatic nitrogens is 2. The van der Waals surface area contributed by atoms with Crippen molar-refractivity contribution in [2.24, 2.45) is 0 Å². The number of benzene rings is 2. The fourth-order valence-electron chi connectivity index (χ4n) is 2.81. The Kier molecular flexibility index (Phi) is 5.69. The zero-order valence-electron chi connectivity index (χ0n) is 15.8. The van der Waals surface area contributed by atoms with Crippen molar-refractivity contribution in [3.8, 4) is 17.2 Å². The van der Waals surface area contributed by atoms with Crippen LogP contribution < -0.4 is 30.7 Å². The minimum atomic E-state index is -1.32. The van der Waals surface area contributed by atoms with Gasteiger partial charge in [-0.15, -0.1) is 0 Å². The molecule has 0 unspecified atom stereocenters. The molecule has 0 radical (unpaired) electrons. The van der Waals surface area contributed by atoms with E-state index in [0.29, 0.717) is 39.9 Å². The Hall–Kier alpha value is -4.00. The number of hydrogen-bond acceptors (Lipinski definition) is 5. The van der Waals surface area contributed by atoms with E-state index in [2.05, 4.69) is 18.3 Å². The molecule has 0 aliphatic heterocycles. The smallest absolute Gasteiger partial charge is 0.279 e. The molecule has 0 saturated heterocycles. The molecule has 0 aliphatic carbocycles. The Balaban J connectivity index is 2.07. The number of carbonyl (C=O) groups excluding carboxylic acids is 1. The van der Waals surface area contributed by atoms with Crippen LogP contribution in [0.15, 0.2) is 59.9 Å². The van der Waals surface area contributed by atoms with Crippen molar-refractivity contribution in [2.75, 3.05) is 13.7 Å². The first-order chi connectivity index (χ1) is 13.9. The number of hydrogen-bond donors (Lipinski definition) is 1. The molecule has 2 aromatic carbocycles. The first kappa shape index (κ1) is 19.8. The van der Waals surface area contributed by atoms with Gasteiger partial charge < -0.3 is 19.4 Å². The van der Waals surface area contributed by atoms with Gasteiger partial charge in [0.15, 0.2) is 11.5 Å². The maximum Gasteiger partial charge on any atom is 0.279 e. The van der Waals surface area contributed by atoms with E-state index in [0.717, 1.165) is 0 Å². The summed E-state index contributed by atoms with van der Waals surface area (Å²) in [6.45, 7) is 7.83. The molecular formula is C22H19N2O5-. The summed E-state index contributed by atoms with van der Waals surface area (Å²) in [4.78, 5) is 24.0. The van der Waals surface area contributed by atoms with Crippen molar-refractivity contribution in [1.82, 2.24) is 9.78 Å². The molecular weight excluding hydrogens is 372 g/mol. The number of carboxylic acid groups (broad SMARTS) is 1. The summed E-state index contributed by atoms with van der Waals surface area (Å²) < 4.78 is 12.1. The Morgan fingerprint density at radius 1 is 1.24 bits per heavy atom. The number of H-pyrrole nitrogens is 1. The molecule has 29 heavy (non-hydrogen) atoms. The van der Waals surface area contributed by atoms with Crippen molar-refractivity contribution < 1.29 is 19.4 Å². The van der Waals surface area contributed by atoms with Crippen LogP contribution in [-0.2, 0) is 0 Å². The van der Waals surface area contributed by atoms with E-state index >= 15 is 0 Å². The highest BCUT2D eigenvalue weighted by molar-refractivity contribution is 5.86. The summed E-state index contributed by atoms with van der Waals surface area (Å²) in [5, 5.41) is 14.7. The molecule has 3 aromatic rings. The van der Waals surface area contributed by atoms with E-state index in [-0.39, 0.29) is 11.1 Å². The summed E-state index contributed by atoms with van der Waals surface area (Å²) in [5.41, 5.74) is 0.688. The Labute approximate surface area is 166 Å². The first-order valence-corrected chi connectivity index (χ1v) is 8.70. The molecule has 7 nitrogen and oxygen atoms in total. The van der Waals surface area contributed by atoms with E-state index in [9.17, 15) is 14.7 Å². The molecule has 0 amide bonds. The number of carbonyl (C=O) groups is 1. The van der Waals surface area contributed by atoms with E-state index in [1.807, 2.05) is 0 Å². The standard InChI is InChI=1S/C22H20N2O5/c1-4-10-29-19-9-8-15(12-20(19)28-3)11-18-14(2)23-24(21(18)25)17-7-5-6-16(13-17)22(26)27/h4-9,11-13,23H,1-2,10H2,3H3,(H,26,27)/p-1/b18-11-. The number of carboxylic acids is 1. The largest absolute Gasteiger partial charge is 0.545 e. The Morgan fingerprint density at radius 2 is 2.03 bits per heavy atom. The van der Waals surface area contributed by atoms with Crippen LogP contribution in [0.25, 0.3) is 18.3 Å². The van der Waals surface area contributed by atoms with Crippen LogP contribution in [0.5, 0.6) is 11.5 Å². The summed E-state index contributed by atoms with van der Waals surface area (Å²) in [5.74, 6) is -0.243. The lowest BCUT2D eigenvalue weighted by molar-refractivity contribution is -0.255. The molecule has 7 heteroatoms. The molecule has 0 fully saturated rings. The van der Waals surface area contributed by atoms with Gasteiger partial charge in [-0.3, -0.25) is 9.89 Å². The summed E-state index contributed by atoms with van der Waals surface area (Å²) in [7, 11) is 1.53. The van der Waals surface area contributed by atoms with Crippen LogP contribution in [0, 0.1) is 0 Å². The Morgan fingerprint density at radius 3 is 2.72 bits per heavy atom. The molecule has 1 heterocycles. The maximum atomic E-state index is 12.9. The number of nitrogens with zero attached hydrogens (tertiary/aromatic N) is 1. The zero-order valence-corrected chi connectivity index (χ0v) is 15.8. The number of rotatable bonds is 7. The van der Waals surface area contributed by atoms with Crippen LogP contribution in [0.1, 0.15) is 15.9 Å². The van der Waals surface area contributed by atoms with Crippen LogP contribution in [-0.4, -0.2) is 29.5 Å². The lowest BCUT2D eigenvalue weighted by atomic mass is 10.1. The molecule has 0 saturated carbocycles.